The van der Waals surface area contributed by atoms with Crippen molar-refractivity contribution in [2.24, 2.45) is 5.10 Å². The number of carbonyl (C=O) groups is 1. The van der Waals surface area contributed by atoms with Crippen LogP contribution >= 0.6 is 0 Å². The van der Waals surface area contributed by atoms with Crippen LogP contribution in [-0.4, -0.2) is 55.5 Å². The van der Waals surface area contributed by atoms with Gasteiger partial charge in [-0.1, -0.05) is 18.2 Å². The summed E-state index contributed by atoms with van der Waals surface area (Å²) < 4.78 is 49.0. The second-order valence-electron chi connectivity index (χ2n) is 7.27. The molecular formula is C25H27N3O7S. The molecule has 0 bridgehead atoms. The van der Waals surface area contributed by atoms with Gasteiger partial charge in [-0.2, -0.15) is 5.10 Å². The van der Waals surface area contributed by atoms with E-state index in [1.165, 1.54) is 58.9 Å². The summed E-state index contributed by atoms with van der Waals surface area (Å²) in [6.07, 6.45) is 1.38. The second kappa shape index (κ2) is 11.9. The largest absolute Gasteiger partial charge is 0.497 e. The summed E-state index contributed by atoms with van der Waals surface area (Å²) >= 11 is 0. The fraction of sp³-hybridized carbons (Fsp3) is 0.200. The van der Waals surface area contributed by atoms with Crippen LogP contribution in [-0.2, 0) is 14.8 Å². The number of carbonyl (C=O) groups excluding carboxylic acids is 1. The van der Waals surface area contributed by atoms with Crippen molar-refractivity contribution in [3.05, 3.63) is 72.3 Å². The van der Waals surface area contributed by atoms with Gasteiger partial charge in [0.2, 0.25) is 0 Å². The number of nitrogens with one attached hydrogen (secondary N) is 1. The quantitative estimate of drug-likeness (QED) is 0.309. The van der Waals surface area contributed by atoms with Crippen LogP contribution in [0.4, 0.5) is 5.69 Å². The molecule has 3 rings (SSSR count). The molecule has 0 spiro atoms. The highest BCUT2D eigenvalue weighted by Crippen LogP contribution is 2.33. The molecule has 0 radical (unpaired) electrons. The zero-order valence-corrected chi connectivity index (χ0v) is 21.1. The standard InChI is InChI=1S/C25H27N3O7S/c1-32-20-11-13-22(33-2)18(14-20)16-26-27-25(29)17-28(36(30,31)21-8-6-5-7-9-21)19-10-12-23(34-3)24(15-19)35-4/h5-16H,17H2,1-4H3,(H,27,29)/b26-16-. The van der Waals surface area contributed by atoms with Crippen LogP contribution < -0.4 is 28.7 Å². The van der Waals surface area contributed by atoms with Crippen molar-refractivity contribution in [3.8, 4) is 23.0 Å². The lowest BCUT2D eigenvalue weighted by molar-refractivity contribution is -0.119. The highest BCUT2D eigenvalue weighted by Gasteiger charge is 2.28. The first-order valence-corrected chi connectivity index (χ1v) is 12.1. The van der Waals surface area contributed by atoms with Crippen molar-refractivity contribution in [2.75, 3.05) is 39.3 Å². The van der Waals surface area contributed by atoms with E-state index in [9.17, 15) is 13.2 Å². The van der Waals surface area contributed by atoms with Crippen molar-refractivity contribution in [3.63, 3.8) is 0 Å². The van der Waals surface area contributed by atoms with Gasteiger partial charge in [-0.25, -0.2) is 13.8 Å². The van der Waals surface area contributed by atoms with Crippen LogP contribution in [0.1, 0.15) is 5.56 Å². The lowest BCUT2D eigenvalue weighted by Crippen LogP contribution is -2.39. The van der Waals surface area contributed by atoms with Crippen LogP contribution in [0.3, 0.4) is 0 Å². The lowest BCUT2D eigenvalue weighted by atomic mass is 10.2. The number of amides is 1. The SMILES string of the molecule is COc1ccc(OC)c(/C=N\NC(=O)CN(c2ccc(OC)c(OC)c2)S(=O)(=O)c2ccccc2)c1. The molecule has 1 amide bonds. The number of methoxy groups -OCH3 is 4. The van der Waals surface area contributed by atoms with E-state index in [1.807, 2.05) is 0 Å². The van der Waals surface area contributed by atoms with Gasteiger partial charge in [0.25, 0.3) is 15.9 Å². The number of rotatable bonds is 11. The minimum Gasteiger partial charge on any atom is -0.497 e. The highest BCUT2D eigenvalue weighted by atomic mass is 32.2. The molecule has 0 fully saturated rings. The van der Waals surface area contributed by atoms with E-state index in [-0.39, 0.29) is 10.6 Å². The maximum atomic E-state index is 13.5. The molecule has 190 valence electrons. The first-order chi connectivity index (χ1) is 17.3. The number of ether oxygens (including phenoxy) is 4. The maximum Gasteiger partial charge on any atom is 0.264 e. The number of hydrazone groups is 1. The van der Waals surface area contributed by atoms with Gasteiger partial charge in [0.05, 0.1) is 45.2 Å². The average molecular weight is 514 g/mol. The Bertz CT molecular complexity index is 1330. The van der Waals surface area contributed by atoms with Gasteiger partial charge in [-0.05, 0) is 42.5 Å². The summed E-state index contributed by atoms with van der Waals surface area (Å²) in [6.45, 7) is -0.542. The van der Waals surface area contributed by atoms with Gasteiger partial charge < -0.3 is 18.9 Å². The molecule has 0 aliphatic heterocycles. The molecule has 11 heteroatoms. The average Bonchev–Trinajstić information content (AvgIpc) is 2.91. The monoisotopic (exact) mass is 513 g/mol. The number of nitrogens with zero attached hydrogens (tertiary/aromatic N) is 2. The van der Waals surface area contributed by atoms with E-state index < -0.39 is 22.5 Å². The van der Waals surface area contributed by atoms with Crippen LogP contribution in [0.5, 0.6) is 23.0 Å². The fourth-order valence-electron chi connectivity index (χ4n) is 3.29. The summed E-state index contributed by atoms with van der Waals surface area (Å²) in [5.74, 6) is 1.17. The van der Waals surface area contributed by atoms with E-state index in [2.05, 4.69) is 10.5 Å². The topological polar surface area (TPSA) is 116 Å². The Balaban J connectivity index is 1.90. The third-order valence-electron chi connectivity index (χ3n) is 5.10. The summed E-state index contributed by atoms with van der Waals surface area (Å²) in [5.41, 5.74) is 3.14. The van der Waals surface area contributed by atoms with Gasteiger partial charge in [-0.15, -0.1) is 0 Å². The molecule has 0 unspecified atom stereocenters. The summed E-state index contributed by atoms with van der Waals surface area (Å²) in [7, 11) is 1.84. The molecule has 10 nitrogen and oxygen atoms in total. The molecule has 3 aromatic rings. The second-order valence-corrected chi connectivity index (χ2v) is 9.13. The number of sulfonamides is 1. The summed E-state index contributed by atoms with van der Waals surface area (Å²) in [5, 5.41) is 3.96. The van der Waals surface area contributed by atoms with Gasteiger partial charge in [0, 0.05) is 11.6 Å². The minimum absolute atomic E-state index is 0.0252. The van der Waals surface area contributed by atoms with Crippen LogP contribution in [0.25, 0.3) is 0 Å². The van der Waals surface area contributed by atoms with Gasteiger partial charge in [0.15, 0.2) is 11.5 Å². The molecule has 36 heavy (non-hydrogen) atoms. The lowest BCUT2D eigenvalue weighted by Gasteiger charge is -2.24. The van der Waals surface area contributed by atoms with Crippen LogP contribution in [0, 0.1) is 0 Å². The molecule has 0 saturated heterocycles. The summed E-state index contributed by atoms with van der Waals surface area (Å²) in [6, 6.07) is 17.5. The van der Waals surface area contributed by atoms with Crippen LogP contribution in [0.15, 0.2) is 76.7 Å². The fourth-order valence-corrected chi connectivity index (χ4v) is 4.73. The van der Waals surface area contributed by atoms with E-state index >= 15 is 0 Å². The smallest absolute Gasteiger partial charge is 0.264 e. The zero-order valence-electron chi connectivity index (χ0n) is 20.3. The highest BCUT2D eigenvalue weighted by molar-refractivity contribution is 7.92. The molecule has 0 aliphatic carbocycles. The first-order valence-electron chi connectivity index (χ1n) is 10.7. The Morgan fingerprint density at radius 3 is 2.17 bits per heavy atom. The predicted octanol–water partition coefficient (Wildman–Crippen LogP) is 3.07. The summed E-state index contributed by atoms with van der Waals surface area (Å²) in [4.78, 5) is 12.8. The molecule has 0 aliphatic rings. The Labute approximate surface area is 210 Å². The number of hydrogen-bond donors (Lipinski definition) is 1. The Hall–Kier alpha value is -4.25. The molecule has 0 aromatic heterocycles. The van der Waals surface area contributed by atoms with Crippen molar-refractivity contribution >= 4 is 27.8 Å². The molecule has 0 heterocycles. The maximum absolute atomic E-state index is 13.5. The first kappa shape index (κ1) is 26.4. The number of hydrogen-bond acceptors (Lipinski definition) is 8. The number of anilines is 1. The van der Waals surface area contributed by atoms with Crippen molar-refractivity contribution < 1.29 is 32.2 Å². The van der Waals surface area contributed by atoms with Gasteiger partial charge in [0.1, 0.15) is 18.0 Å². The van der Waals surface area contributed by atoms with E-state index in [1.54, 1.807) is 42.5 Å². The zero-order chi connectivity index (χ0) is 26.1. The normalized spacial score (nSPS) is 11.1. The molecule has 3 aromatic carbocycles. The Morgan fingerprint density at radius 2 is 1.53 bits per heavy atom. The Kier molecular flexibility index (Phi) is 8.74. The Morgan fingerprint density at radius 1 is 0.861 bits per heavy atom. The van der Waals surface area contributed by atoms with Crippen molar-refractivity contribution in [1.82, 2.24) is 5.43 Å². The minimum atomic E-state index is -4.10. The third kappa shape index (κ3) is 6.05. The molecule has 1 N–H and O–H groups in total. The van der Waals surface area contributed by atoms with Crippen LogP contribution in [0.2, 0.25) is 0 Å². The third-order valence-corrected chi connectivity index (χ3v) is 6.89. The van der Waals surface area contributed by atoms with E-state index in [0.29, 0.717) is 28.6 Å². The van der Waals surface area contributed by atoms with E-state index in [4.69, 9.17) is 18.9 Å². The van der Waals surface area contributed by atoms with E-state index in [0.717, 1.165) is 4.31 Å². The van der Waals surface area contributed by atoms with Gasteiger partial charge >= 0.3 is 0 Å². The predicted molar refractivity (Wildman–Crippen MR) is 136 cm³/mol. The number of benzene rings is 3. The van der Waals surface area contributed by atoms with Crippen molar-refractivity contribution in [1.29, 1.82) is 0 Å². The molecule has 0 atom stereocenters. The van der Waals surface area contributed by atoms with Gasteiger partial charge in [-0.3, -0.25) is 9.10 Å². The van der Waals surface area contributed by atoms with Crippen molar-refractivity contribution in [2.45, 2.75) is 4.90 Å². The molecule has 0 saturated carbocycles. The molecular weight excluding hydrogens is 486 g/mol.